The lowest BCUT2D eigenvalue weighted by molar-refractivity contribution is -0.155. The molecule has 3 aromatic rings. The molecule has 1 unspecified atom stereocenters. The number of carbonyl (C=O) groups excluding carboxylic acids is 2. The van der Waals surface area contributed by atoms with Crippen LogP contribution in [0, 0.1) is 6.92 Å². The first kappa shape index (κ1) is 26.5. The maximum absolute atomic E-state index is 13.1. The van der Waals surface area contributed by atoms with Crippen LogP contribution in [-0.4, -0.2) is 59.8 Å². The Morgan fingerprint density at radius 3 is 2.46 bits per heavy atom. The average molecular weight is 555 g/mol. The molecule has 0 amide bonds. The van der Waals surface area contributed by atoms with Crippen molar-refractivity contribution >= 4 is 49.7 Å². The van der Waals surface area contributed by atoms with Gasteiger partial charge in [-0.3, -0.25) is 32.9 Å². The van der Waals surface area contributed by atoms with E-state index in [1.54, 1.807) is 19.1 Å². The molecular formula is C21H22N4O10S2. The molecule has 0 spiro atoms. The predicted molar refractivity (Wildman–Crippen MR) is 128 cm³/mol. The van der Waals surface area contributed by atoms with E-state index in [9.17, 15) is 27.6 Å². The molecule has 3 N–H and O–H groups in total. The number of nitrogens with zero attached hydrogens (tertiary/aromatic N) is 2. The van der Waals surface area contributed by atoms with E-state index in [1.165, 1.54) is 12.1 Å². The minimum absolute atomic E-state index is 0.0856. The van der Waals surface area contributed by atoms with Crippen molar-refractivity contribution < 1.29 is 36.4 Å². The standard InChI is InChI=1S/C21H22N4O10S2/c1-9-4-6-12(7-5-9)37(30,31)35-14-13(8-32-10(2)26)34-19(15(14)33-11(3)27)25-17-16(36-21(25)29)18(28)24-20(22)23-17/h4-7,13-15,19H,8H2,1-3H3,(H3,22,23,24,28)/t13-,14+,15-,19?/m1/s1. The molecule has 1 aliphatic rings. The summed E-state index contributed by atoms with van der Waals surface area (Å²) in [5, 5.41) is 0. The number of carbonyl (C=O) groups is 2. The number of benzene rings is 1. The highest BCUT2D eigenvalue weighted by Crippen LogP contribution is 2.37. The molecule has 0 aliphatic carbocycles. The molecule has 198 valence electrons. The molecule has 37 heavy (non-hydrogen) atoms. The van der Waals surface area contributed by atoms with E-state index in [0.717, 1.165) is 24.0 Å². The number of aromatic amines is 1. The van der Waals surface area contributed by atoms with E-state index in [4.69, 9.17) is 24.1 Å². The Hall–Kier alpha value is -3.60. The number of esters is 2. The van der Waals surface area contributed by atoms with Crippen LogP contribution in [0.25, 0.3) is 10.3 Å². The fourth-order valence-corrected chi connectivity index (χ4v) is 5.71. The summed E-state index contributed by atoms with van der Waals surface area (Å²) in [7, 11) is -4.45. The number of nitrogens with two attached hydrogens (primary N) is 1. The third kappa shape index (κ3) is 5.41. The lowest BCUT2D eigenvalue weighted by atomic mass is 10.1. The lowest BCUT2D eigenvalue weighted by Gasteiger charge is -2.23. The number of thiazole rings is 1. The number of rotatable bonds is 7. The molecule has 2 aromatic heterocycles. The Balaban J connectivity index is 1.82. The van der Waals surface area contributed by atoms with Gasteiger partial charge in [-0.1, -0.05) is 29.0 Å². The van der Waals surface area contributed by atoms with E-state index in [0.29, 0.717) is 11.3 Å². The molecule has 0 saturated carbocycles. The van der Waals surface area contributed by atoms with E-state index >= 15 is 0 Å². The first-order valence-corrected chi connectivity index (χ1v) is 13.0. The summed E-state index contributed by atoms with van der Waals surface area (Å²) >= 11 is 0.535. The molecule has 4 atom stereocenters. The van der Waals surface area contributed by atoms with Crippen LogP contribution >= 0.6 is 11.3 Å². The molecule has 0 radical (unpaired) electrons. The molecule has 16 heteroatoms. The Morgan fingerprint density at radius 1 is 1.16 bits per heavy atom. The molecule has 1 aromatic carbocycles. The lowest BCUT2D eigenvalue weighted by Crippen LogP contribution is -2.41. The summed E-state index contributed by atoms with van der Waals surface area (Å²) in [5.74, 6) is -1.83. The van der Waals surface area contributed by atoms with E-state index in [2.05, 4.69) is 9.97 Å². The monoisotopic (exact) mass is 554 g/mol. The number of H-pyrrole nitrogens is 1. The van der Waals surface area contributed by atoms with Gasteiger partial charge in [-0.25, -0.2) is 0 Å². The van der Waals surface area contributed by atoms with Crippen LogP contribution in [0.15, 0.2) is 38.8 Å². The van der Waals surface area contributed by atoms with Gasteiger partial charge >= 0.3 is 16.8 Å². The van der Waals surface area contributed by atoms with Crippen molar-refractivity contribution in [3.63, 3.8) is 0 Å². The van der Waals surface area contributed by atoms with Gasteiger partial charge in [0.25, 0.3) is 15.7 Å². The van der Waals surface area contributed by atoms with E-state index < -0.39 is 63.6 Å². The minimum Gasteiger partial charge on any atom is -0.463 e. The summed E-state index contributed by atoms with van der Waals surface area (Å²) in [6, 6.07) is 5.79. The van der Waals surface area contributed by atoms with Gasteiger partial charge in [0.1, 0.15) is 23.5 Å². The zero-order valence-corrected chi connectivity index (χ0v) is 21.3. The number of hydrogen-bond acceptors (Lipinski definition) is 13. The van der Waals surface area contributed by atoms with Crippen molar-refractivity contribution in [3.05, 3.63) is 49.9 Å². The number of nitrogen functional groups attached to an aromatic ring is 1. The Bertz CT molecular complexity index is 1580. The second kappa shape index (κ2) is 10.0. The maximum atomic E-state index is 13.1. The topological polar surface area (TPSA) is 199 Å². The first-order valence-electron chi connectivity index (χ1n) is 10.7. The molecule has 1 saturated heterocycles. The zero-order valence-electron chi connectivity index (χ0n) is 19.7. The van der Waals surface area contributed by atoms with Gasteiger partial charge in [-0.05, 0) is 19.1 Å². The number of anilines is 1. The summed E-state index contributed by atoms with van der Waals surface area (Å²) < 4.78 is 48.8. The summed E-state index contributed by atoms with van der Waals surface area (Å²) in [6.07, 6.45) is -5.89. The SMILES string of the molecule is CC(=O)OC[C@H]1OC(n2c(=O)sc3c(=O)[nH]c(N)nc32)[C@H](OC(C)=O)[C@H]1OS(=O)(=O)c1ccc(C)cc1. The van der Waals surface area contributed by atoms with Crippen LogP contribution in [0.3, 0.4) is 0 Å². The normalized spacial score (nSPS) is 21.7. The smallest absolute Gasteiger partial charge is 0.311 e. The number of ether oxygens (including phenoxy) is 3. The van der Waals surface area contributed by atoms with Crippen LogP contribution in [-0.2, 0) is 38.1 Å². The van der Waals surface area contributed by atoms with Crippen molar-refractivity contribution in [2.45, 2.75) is 50.2 Å². The van der Waals surface area contributed by atoms with Gasteiger partial charge in [0.05, 0.1) is 4.90 Å². The number of fused-ring (bicyclic) bond motifs is 1. The van der Waals surface area contributed by atoms with Crippen molar-refractivity contribution in [3.8, 4) is 0 Å². The van der Waals surface area contributed by atoms with Gasteiger partial charge in [0, 0.05) is 13.8 Å². The van der Waals surface area contributed by atoms with Gasteiger partial charge in [-0.15, -0.1) is 0 Å². The fourth-order valence-electron chi connectivity index (χ4n) is 3.76. The quantitative estimate of drug-likeness (QED) is 0.297. The molecule has 0 bridgehead atoms. The molecule has 14 nitrogen and oxygen atoms in total. The van der Waals surface area contributed by atoms with Crippen LogP contribution in [0.4, 0.5) is 5.95 Å². The number of hydrogen-bond donors (Lipinski definition) is 2. The van der Waals surface area contributed by atoms with Gasteiger partial charge in [0.15, 0.2) is 18.0 Å². The summed E-state index contributed by atoms with van der Waals surface area (Å²) in [4.78, 5) is 54.1. The van der Waals surface area contributed by atoms with Crippen molar-refractivity contribution in [2.24, 2.45) is 0 Å². The summed E-state index contributed by atoms with van der Waals surface area (Å²) in [6.45, 7) is 3.47. The van der Waals surface area contributed by atoms with E-state index in [1.807, 2.05) is 0 Å². The molecular weight excluding hydrogens is 532 g/mol. The minimum atomic E-state index is -4.45. The first-order chi connectivity index (χ1) is 17.4. The maximum Gasteiger partial charge on any atom is 0.311 e. The van der Waals surface area contributed by atoms with Gasteiger partial charge in [0.2, 0.25) is 5.95 Å². The highest BCUT2D eigenvalue weighted by molar-refractivity contribution is 7.86. The van der Waals surface area contributed by atoms with Crippen LogP contribution in [0.2, 0.25) is 0 Å². The third-order valence-electron chi connectivity index (χ3n) is 5.33. The number of nitrogens with one attached hydrogen (secondary N) is 1. The third-order valence-corrected chi connectivity index (χ3v) is 7.60. The van der Waals surface area contributed by atoms with Crippen molar-refractivity contribution in [1.82, 2.24) is 14.5 Å². The number of aryl methyl sites for hydroxylation is 1. The van der Waals surface area contributed by atoms with Crippen LogP contribution in [0.5, 0.6) is 0 Å². The average Bonchev–Trinajstić information content (AvgIpc) is 3.28. The van der Waals surface area contributed by atoms with Crippen LogP contribution in [0.1, 0.15) is 25.6 Å². The molecule has 3 heterocycles. The number of aromatic nitrogens is 3. The van der Waals surface area contributed by atoms with Gasteiger partial charge in [-0.2, -0.15) is 13.4 Å². The molecule has 4 rings (SSSR count). The Kier molecular flexibility index (Phi) is 7.18. The Labute approximate surface area is 213 Å². The van der Waals surface area contributed by atoms with Crippen molar-refractivity contribution in [1.29, 1.82) is 0 Å². The molecule has 1 fully saturated rings. The second-order valence-corrected chi connectivity index (χ2v) is 10.6. The van der Waals surface area contributed by atoms with Gasteiger partial charge < -0.3 is 19.9 Å². The summed E-state index contributed by atoms with van der Waals surface area (Å²) in [5.41, 5.74) is 5.59. The highest BCUT2D eigenvalue weighted by Gasteiger charge is 2.52. The largest absolute Gasteiger partial charge is 0.463 e. The van der Waals surface area contributed by atoms with E-state index in [-0.39, 0.29) is 21.2 Å². The van der Waals surface area contributed by atoms with Crippen molar-refractivity contribution in [2.75, 3.05) is 12.3 Å². The fraction of sp³-hybridized carbons (Fsp3) is 0.381. The molecule has 1 aliphatic heterocycles. The highest BCUT2D eigenvalue weighted by atomic mass is 32.2. The second-order valence-electron chi connectivity index (χ2n) is 8.11. The Morgan fingerprint density at radius 2 is 1.84 bits per heavy atom. The zero-order chi connectivity index (χ0) is 27.1. The van der Waals surface area contributed by atoms with Crippen LogP contribution < -0.4 is 16.2 Å². The predicted octanol–water partition coefficient (Wildman–Crippen LogP) is 0.203.